The third-order valence-electron chi connectivity index (χ3n) is 1.71. The maximum Gasteiger partial charge on any atom is 1.00 e. The summed E-state index contributed by atoms with van der Waals surface area (Å²) in [5.41, 5.74) is 0. The van der Waals surface area contributed by atoms with Crippen LogP contribution in [-0.2, 0) is 9.47 Å². The summed E-state index contributed by atoms with van der Waals surface area (Å²) < 4.78 is 14.1. The molecule has 0 aromatic rings. The van der Waals surface area contributed by atoms with Crippen molar-refractivity contribution in [3.05, 3.63) is 10.2 Å². The SMILES string of the molecule is CN=P(C)([N-]CCOC)[N-]CCOC.[Li+].[Li+]. The summed E-state index contributed by atoms with van der Waals surface area (Å²) in [6, 6.07) is 0. The predicted molar refractivity (Wildman–Crippen MR) is 61.4 cm³/mol. The van der Waals surface area contributed by atoms with Crippen molar-refractivity contribution in [2.75, 3.05) is 54.2 Å². The fraction of sp³-hybridized carbons (Fsp3) is 1.00. The van der Waals surface area contributed by atoms with Gasteiger partial charge in [-0.15, -0.1) is 13.1 Å². The maximum atomic E-state index is 4.92. The van der Waals surface area contributed by atoms with Crippen LogP contribution in [0.4, 0.5) is 0 Å². The Balaban J connectivity index is -0.000000845. The van der Waals surface area contributed by atoms with Crippen LogP contribution in [0, 0.1) is 0 Å². The van der Waals surface area contributed by atoms with Gasteiger partial charge in [0, 0.05) is 34.5 Å². The van der Waals surface area contributed by atoms with Crippen LogP contribution < -0.4 is 37.7 Å². The second-order valence-corrected chi connectivity index (χ2v) is 5.49. The molecule has 0 aromatic heterocycles. The zero-order valence-electron chi connectivity index (χ0n) is 11.4. The summed E-state index contributed by atoms with van der Waals surface area (Å²) in [6.07, 6.45) is 0. The van der Waals surface area contributed by atoms with E-state index >= 15 is 0 Å². The Morgan fingerprint density at radius 2 is 1.38 bits per heavy atom. The van der Waals surface area contributed by atoms with Gasteiger partial charge in [-0.2, -0.15) is 0 Å². The molecule has 0 atom stereocenters. The molecular weight excluding hydrogens is 215 g/mol. The van der Waals surface area contributed by atoms with E-state index in [1.165, 1.54) is 0 Å². The van der Waals surface area contributed by atoms with Crippen molar-refractivity contribution in [3.8, 4) is 0 Å². The average molecular weight is 235 g/mol. The van der Waals surface area contributed by atoms with Gasteiger partial charge in [0.2, 0.25) is 0 Å². The van der Waals surface area contributed by atoms with Crippen molar-refractivity contribution in [2.24, 2.45) is 4.74 Å². The van der Waals surface area contributed by atoms with Crippen molar-refractivity contribution in [3.63, 3.8) is 0 Å². The molecule has 16 heavy (non-hydrogen) atoms. The van der Waals surface area contributed by atoms with Gasteiger partial charge in [0.05, 0.1) is 0 Å². The first-order valence-corrected chi connectivity index (χ1v) is 6.62. The van der Waals surface area contributed by atoms with Crippen LogP contribution in [0.3, 0.4) is 0 Å². The van der Waals surface area contributed by atoms with Gasteiger partial charge in [0.1, 0.15) is 0 Å². The van der Waals surface area contributed by atoms with E-state index < -0.39 is 7.36 Å². The van der Waals surface area contributed by atoms with Crippen LogP contribution in [0.1, 0.15) is 0 Å². The molecule has 86 valence electrons. The van der Waals surface area contributed by atoms with Crippen molar-refractivity contribution in [1.29, 1.82) is 0 Å². The second-order valence-electron chi connectivity index (χ2n) is 2.78. The van der Waals surface area contributed by atoms with Crippen LogP contribution in [0.2, 0.25) is 0 Å². The van der Waals surface area contributed by atoms with E-state index in [9.17, 15) is 0 Å². The summed E-state index contributed by atoms with van der Waals surface area (Å²) in [4.78, 5) is 0. The normalized spacial score (nSPS) is 10.2. The van der Waals surface area contributed by atoms with Crippen LogP contribution in [-0.4, -0.2) is 54.2 Å². The zero-order valence-corrected chi connectivity index (χ0v) is 12.3. The molecule has 0 bridgehead atoms. The summed E-state index contributed by atoms with van der Waals surface area (Å²) in [5.74, 6) is 0. The Bertz CT molecular complexity index is 182. The summed E-state index contributed by atoms with van der Waals surface area (Å²) in [7, 11) is 3.30. The minimum atomic E-state index is -1.79. The first-order chi connectivity index (χ1) is 6.68. The maximum absolute atomic E-state index is 4.92. The molecule has 0 unspecified atom stereocenters. The minimum Gasteiger partial charge on any atom is -0.636 e. The standard InChI is InChI=1S/C8H20N3O2P.2Li/c1-9-14(4,10-5-7-12-2)11-6-8-13-3;;/h5-8H2,1-4H3;;/q-2;2*+1. The first-order valence-electron chi connectivity index (χ1n) is 4.52. The van der Waals surface area contributed by atoms with Gasteiger partial charge in [0.25, 0.3) is 0 Å². The molecule has 0 saturated heterocycles. The number of hydrogen-bond donors (Lipinski definition) is 0. The molecule has 8 heteroatoms. The number of methoxy groups -OCH3 is 2. The molecular formula is C8H20Li2N3O2P. The van der Waals surface area contributed by atoms with Crippen molar-refractivity contribution < 1.29 is 47.2 Å². The molecule has 0 rings (SSSR count). The van der Waals surface area contributed by atoms with Gasteiger partial charge in [-0.25, -0.2) is 7.36 Å². The monoisotopic (exact) mass is 235 g/mol. The molecule has 0 fully saturated rings. The van der Waals surface area contributed by atoms with Gasteiger partial charge in [-0.1, -0.05) is 6.66 Å². The third-order valence-corrected chi connectivity index (χ3v) is 3.93. The van der Waals surface area contributed by atoms with Gasteiger partial charge in [0.15, 0.2) is 0 Å². The Morgan fingerprint density at radius 1 is 1.00 bits per heavy atom. The van der Waals surface area contributed by atoms with Gasteiger partial charge in [-0.3, -0.25) is 0 Å². The molecule has 5 nitrogen and oxygen atoms in total. The minimum absolute atomic E-state index is 0. The van der Waals surface area contributed by atoms with E-state index in [1.54, 1.807) is 21.3 Å². The van der Waals surface area contributed by atoms with Crippen molar-refractivity contribution >= 4 is 7.36 Å². The second kappa shape index (κ2) is 14.3. The van der Waals surface area contributed by atoms with Crippen LogP contribution in [0.25, 0.3) is 10.2 Å². The zero-order chi connectivity index (χ0) is 10.9. The van der Waals surface area contributed by atoms with E-state index in [1.807, 2.05) is 6.66 Å². The molecule has 0 spiro atoms. The Labute approximate surface area is 123 Å². The van der Waals surface area contributed by atoms with Crippen LogP contribution in [0.15, 0.2) is 4.74 Å². The summed E-state index contributed by atoms with van der Waals surface area (Å²) in [5, 5.41) is 8.87. The topological polar surface area (TPSA) is 59.0 Å². The quantitative estimate of drug-likeness (QED) is 0.247. The van der Waals surface area contributed by atoms with Crippen molar-refractivity contribution in [2.45, 2.75) is 0 Å². The molecule has 0 aliphatic heterocycles. The number of rotatable bonds is 8. The fourth-order valence-corrected chi connectivity index (χ4v) is 2.08. The molecule has 0 aromatic carbocycles. The summed E-state index contributed by atoms with van der Waals surface area (Å²) >= 11 is 0. The first kappa shape index (κ1) is 22.4. The van der Waals surface area contributed by atoms with E-state index in [0.717, 1.165) is 0 Å². The molecule has 0 amide bonds. The van der Waals surface area contributed by atoms with E-state index in [0.29, 0.717) is 26.3 Å². The molecule has 0 saturated carbocycles. The largest absolute Gasteiger partial charge is 1.00 e. The molecule has 0 radical (unpaired) electrons. The summed E-state index contributed by atoms with van der Waals surface area (Å²) in [6.45, 7) is 4.57. The predicted octanol–water partition coefficient (Wildman–Crippen LogP) is -3.67. The molecule has 0 N–H and O–H groups in total. The molecule has 0 aliphatic rings. The van der Waals surface area contributed by atoms with Crippen LogP contribution in [0.5, 0.6) is 0 Å². The number of hydrogen-bond acceptors (Lipinski definition) is 3. The number of nitrogens with zero attached hydrogens (tertiary/aromatic N) is 3. The van der Waals surface area contributed by atoms with Gasteiger partial charge in [-0.05, 0) is 0 Å². The van der Waals surface area contributed by atoms with Crippen molar-refractivity contribution in [1.82, 2.24) is 0 Å². The number of ether oxygens (including phenoxy) is 2. The van der Waals surface area contributed by atoms with E-state index in [-0.39, 0.29) is 37.7 Å². The Kier molecular flexibility index (Phi) is 20.1. The van der Waals surface area contributed by atoms with Gasteiger partial charge >= 0.3 is 37.7 Å². The molecule has 0 heterocycles. The van der Waals surface area contributed by atoms with E-state index in [4.69, 9.17) is 9.47 Å². The molecule has 0 aliphatic carbocycles. The fourth-order valence-electron chi connectivity index (χ4n) is 0.814. The van der Waals surface area contributed by atoms with E-state index in [2.05, 4.69) is 14.9 Å². The van der Waals surface area contributed by atoms with Gasteiger partial charge < -0.3 is 24.4 Å². The Hall–Kier alpha value is 1.26. The third kappa shape index (κ3) is 11.7. The Morgan fingerprint density at radius 3 is 1.62 bits per heavy atom. The average Bonchev–Trinajstić information content (AvgIpc) is 2.19. The van der Waals surface area contributed by atoms with Crippen LogP contribution >= 0.6 is 7.36 Å². The smallest absolute Gasteiger partial charge is 0.636 e.